The molecule has 3 atom stereocenters. The number of Topliss-reactive ketones (excluding diaryl/α,β-unsaturated/α-hetero) is 1. The van der Waals surface area contributed by atoms with Crippen molar-refractivity contribution in [3.05, 3.63) is 12.2 Å². The molecule has 1 rings (SSSR count). The highest BCUT2D eigenvalue weighted by Gasteiger charge is 2.54. The van der Waals surface area contributed by atoms with Crippen LogP contribution in [0.25, 0.3) is 0 Å². The predicted octanol–water partition coefficient (Wildman–Crippen LogP) is 1.06. The van der Waals surface area contributed by atoms with E-state index in [4.69, 9.17) is 4.74 Å². The van der Waals surface area contributed by atoms with Gasteiger partial charge >= 0.3 is 5.97 Å². The molecule has 0 aromatic rings. The molecule has 1 aliphatic rings. The van der Waals surface area contributed by atoms with Crippen molar-refractivity contribution in [1.29, 1.82) is 0 Å². The number of rotatable bonds is 4. The van der Waals surface area contributed by atoms with Gasteiger partial charge in [0.25, 0.3) is 0 Å². The van der Waals surface area contributed by atoms with Gasteiger partial charge in [-0.3, -0.25) is 9.59 Å². The molecule has 0 N–H and O–H groups in total. The summed E-state index contributed by atoms with van der Waals surface area (Å²) in [7, 11) is 1.22. The molecule has 5 nitrogen and oxygen atoms in total. The molecule has 100 valence electrons. The van der Waals surface area contributed by atoms with E-state index in [0.717, 1.165) is 6.29 Å². The van der Waals surface area contributed by atoms with Crippen molar-refractivity contribution in [2.75, 3.05) is 7.11 Å². The van der Waals surface area contributed by atoms with Gasteiger partial charge in [-0.15, -0.1) is 0 Å². The number of methoxy groups -OCH3 is 1. The van der Waals surface area contributed by atoms with E-state index in [1.54, 1.807) is 6.92 Å². The van der Waals surface area contributed by atoms with Crippen LogP contribution < -0.4 is 0 Å². The molecule has 0 aromatic heterocycles. The second kappa shape index (κ2) is 5.44. The number of carbonyl (C=O) groups is 3. The van der Waals surface area contributed by atoms with Crippen molar-refractivity contribution in [3.63, 3.8) is 0 Å². The minimum absolute atomic E-state index is 0.226. The van der Waals surface area contributed by atoms with Crippen molar-refractivity contribution < 1.29 is 23.9 Å². The number of carbonyl (C=O) groups excluding carboxylic acids is 3. The molecule has 5 heteroatoms. The average Bonchev–Trinajstić information content (AvgIpc) is 2.37. The van der Waals surface area contributed by atoms with Gasteiger partial charge in [0.05, 0.1) is 19.3 Å². The summed E-state index contributed by atoms with van der Waals surface area (Å²) in [5, 5.41) is 0. The van der Waals surface area contributed by atoms with Crippen molar-refractivity contribution in [2.24, 2.45) is 5.41 Å². The molecule has 0 spiro atoms. The average molecular weight is 254 g/mol. The Morgan fingerprint density at radius 2 is 2.22 bits per heavy atom. The minimum atomic E-state index is -1.42. The zero-order chi connectivity index (χ0) is 13.9. The maximum Gasteiger partial charge on any atom is 0.322 e. The standard InChI is InChI=1S/C13H18O5/c1-8-9(2)18-10(6-5-7-14)13(3,11(8)15)12(16)17-4/h7,9-10H,1,5-6H2,2-4H3/t9-,10+,13-/m1/s1. The van der Waals surface area contributed by atoms with Gasteiger partial charge in [0.2, 0.25) is 0 Å². The molecule has 1 fully saturated rings. The zero-order valence-electron chi connectivity index (χ0n) is 10.9. The predicted molar refractivity (Wildman–Crippen MR) is 63.9 cm³/mol. The van der Waals surface area contributed by atoms with Crippen molar-refractivity contribution >= 4 is 18.0 Å². The molecule has 1 aliphatic heterocycles. The van der Waals surface area contributed by atoms with E-state index in [1.165, 1.54) is 14.0 Å². The maximum absolute atomic E-state index is 12.3. The molecular weight excluding hydrogens is 236 g/mol. The Kier molecular flexibility index (Phi) is 4.40. The van der Waals surface area contributed by atoms with Crippen LogP contribution in [0.15, 0.2) is 12.2 Å². The Balaban J connectivity index is 3.11. The second-order valence-electron chi connectivity index (χ2n) is 4.56. The topological polar surface area (TPSA) is 69.7 Å². The highest BCUT2D eigenvalue weighted by molar-refractivity contribution is 6.13. The van der Waals surface area contributed by atoms with Gasteiger partial charge in [0.15, 0.2) is 11.2 Å². The van der Waals surface area contributed by atoms with Gasteiger partial charge in [-0.2, -0.15) is 0 Å². The van der Waals surface area contributed by atoms with Crippen LogP contribution in [0.5, 0.6) is 0 Å². The summed E-state index contributed by atoms with van der Waals surface area (Å²) in [5.41, 5.74) is -1.16. The van der Waals surface area contributed by atoms with Gasteiger partial charge in [0.1, 0.15) is 6.29 Å². The largest absolute Gasteiger partial charge is 0.468 e. The second-order valence-corrected chi connectivity index (χ2v) is 4.56. The molecule has 0 aromatic carbocycles. The maximum atomic E-state index is 12.3. The lowest BCUT2D eigenvalue weighted by molar-refractivity contribution is -0.175. The quantitative estimate of drug-likeness (QED) is 0.325. The molecule has 0 bridgehead atoms. The number of ketones is 1. The molecule has 1 heterocycles. The van der Waals surface area contributed by atoms with Gasteiger partial charge in [-0.25, -0.2) is 0 Å². The summed E-state index contributed by atoms with van der Waals surface area (Å²) in [4.78, 5) is 34.6. The summed E-state index contributed by atoms with van der Waals surface area (Å²) < 4.78 is 10.3. The van der Waals surface area contributed by atoms with E-state index < -0.39 is 23.6 Å². The zero-order valence-corrected chi connectivity index (χ0v) is 10.9. The molecule has 0 radical (unpaired) electrons. The summed E-state index contributed by atoms with van der Waals surface area (Å²) in [5.74, 6) is -1.03. The third-order valence-electron chi connectivity index (χ3n) is 3.42. The summed E-state index contributed by atoms with van der Waals surface area (Å²) in [6.07, 6.45) is 0.150. The monoisotopic (exact) mass is 254 g/mol. The lowest BCUT2D eigenvalue weighted by Crippen LogP contribution is -2.55. The Morgan fingerprint density at radius 1 is 1.61 bits per heavy atom. The van der Waals surface area contributed by atoms with Gasteiger partial charge in [0, 0.05) is 12.0 Å². The fraction of sp³-hybridized carbons (Fsp3) is 0.615. The van der Waals surface area contributed by atoms with E-state index in [-0.39, 0.29) is 17.8 Å². The van der Waals surface area contributed by atoms with Crippen LogP contribution in [-0.4, -0.2) is 37.4 Å². The minimum Gasteiger partial charge on any atom is -0.468 e. The van der Waals surface area contributed by atoms with E-state index in [1.807, 2.05) is 0 Å². The third kappa shape index (κ3) is 2.22. The first-order valence-corrected chi connectivity index (χ1v) is 5.80. The van der Waals surface area contributed by atoms with Crippen molar-refractivity contribution in [1.82, 2.24) is 0 Å². The van der Waals surface area contributed by atoms with Gasteiger partial charge in [-0.05, 0) is 20.3 Å². The molecule has 0 amide bonds. The summed E-state index contributed by atoms with van der Waals surface area (Å²) >= 11 is 0. The molecule has 1 saturated heterocycles. The first-order chi connectivity index (χ1) is 8.39. The third-order valence-corrected chi connectivity index (χ3v) is 3.42. The first-order valence-electron chi connectivity index (χ1n) is 5.80. The van der Waals surface area contributed by atoms with Gasteiger partial charge < -0.3 is 14.3 Å². The van der Waals surface area contributed by atoms with Gasteiger partial charge in [-0.1, -0.05) is 6.58 Å². The van der Waals surface area contributed by atoms with E-state index in [9.17, 15) is 14.4 Å². The van der Waals surface area contributed by atoms with Crippen LogP contribution in [0.4, 0.5) is 0 Å². The molecule has 0 unspecified atom stereocenters. The first kappa shape index (κ1) is 14.6. The highest BCUT2D eigenvalue weighted by Crippen LogP contribution is 2.38. The SMILES string of the molecule is C=C1C(=O)[C@](C)(C(=O)OC)[C@H](CCC=O)O[C@@H]1C. The molecule has 18 heavy (non-hydrogen) atoms. The van der Waals surface area contributed by atoms with Crippen LogP contribution in [0.2, 0.25) is 0 Å². The van der Waals surface area contributed by atoms with Crippen molar-refractivity contribution in [2.45, 2.75) is 38.9 Å². The fourth-order valence-electron chi connectivity index (χ4n) is 2.14. The van der Waals surface area contributed by atoms with E-state index in [2.05, 4.69) is 11.3 Å². The van der Waals surface area contributed by atoms with Crippen LogP contribution in [0.1, 0.15) is 26.7 Å². The molecular formula is C13H18O5. The Labute approximate surface area is 106 Å². The molecule has 0 aliphatic carbocycles. The Bertz CT molecular complexity index is 387. The number of hydrogen-bond donors (Lipinski definition) is 0. The van der Waals surface area contributed by atoms with Crippen LogP contribution in [-0.2, 0) is 23.9 Å². The summed E-state index contributed by atoms with van der Waals surface area (Å²) in [6, 6.07) is 0. The normalized spacial score (nSPS) is 32.2. The smallest absolute Gasteiger partial charge is 0.322 e. The Hall–Kier alpha value is -1.49. The van der Waals surface area contributed by atoms with Crippen LogP contribution in [0.3, 0.4) is 0 Å². The number of esters is 1. The number of hydrogen-bond acceptors (Lipinski definition) is 5. The Morgan fingerprint density at radius 3 is 2.72 bits per heavy atom. The molecule has 0 saturated carbocycles. The lowest BCUT2D eigenvalue weighted by Gasteiger charge is -2.40. The van der Waals surface area contributed by atoms with Crippen molar-refractivity contribution in [3.8, 4) is 0 Å². The van der Waals surface area contributed by atoms with E-state index in [0.29, 0.717) is 6.42 Å². The van der Waals surface area contributed by atoms with Crippen LogP contribution >= 0.6 is 0 Å². The summed E-state index contributed by atoms with van der Waals surface area (Å²) in [6.45, 7) is 6.83. The van der Waals surface area contributed by atoms with Crippen LogP contribution in [0, 0.1) is 5.41 Å². The highest BCUT2D eigenvalue weighted by atomic mass is 16.5. The number of ether oxygens (including phenoxy) is 2. The number of aldehydes is 1. The fourth-order valence-corrected chi connectivity index (χ4v) is 2.14. The van der Waals surface area contributed by atoms with E-state index >= 15 is 0 Å². The lowest BCUT2D eigenvalue weighted by atomic mass is 9.72.